The van der Waals surface area contributed by atoms with E-state index in [2.05, 4.69) is 10.1 Å². The van der Waals surface area contributed by atoms with E-state index in [0.717, 1.165) is 11.1 Å². The summed E-state index contributed by atoms with van der Waals surface area (Å²) in [4.78, 5) is 16.7. The van der Waals surface area contributed by atoms with Gasteiger partial charge in [-0.05, 0) is 31.2 Å². The van der Waals surface area contributed by atoms with Crippen molar-refractivity contribution in [1.29, 1.82) is 0 Å². The highest BCUT2D eigenvalue weighted by Gasteiger charge is 2.22. The topological polar surface area (TPSA) is 92.9 Å². The van der Waals surface area contributed by atoms with Crippen LogP contribution in [0, 0.1) is 6.92 Å². The van der Waals surface area contributed by atoms with Crippen LogP contribution in [0.25, 0.3) is 11.5 Å². The Morgan fingerprint density at radius 1 is 1.14 bits per heavy atom. The fourth-order valence-electron chi connectivity index (χ4n) is 2.73. The predicted molar refractivity (Wildman–Crippen MR) is 97.6 cm³/mol. The van der Waals surface area contributed by atoms with Gasteiger partial charge in [0.05, 0.1) is 12.7 Å². The molecule has 3 aromatic rings. The van der Waals surface area contributed by atoms with Crippen molar-refractivity contribution < 1.29 is 28.3 Å². The van der Waals surface area contributed by atoms with Gasteiger partial charge in [0.25, 0.3) is 5.89 Å². The number of carbonyl (C=O) groups is 1. The molecule has 4 rings (SSSR count). The van der Waals surface area contributed by atoms with Crippen molar-refractivity contribution in [3.8, 4) is 28.7 Å². The average molecular weight is 382 g/mol. The quantitative estimate of drug-likeness (QED) is 0.621. The first kappa shape index (κ1) is 17.8. The lowest BCUT2D eigenvalue weighted by Crippen LogP contribution is -2.17. The molecule has 8 nitrogen and oxygen atoms in total. The van der Waals surface area contributed by atoms with Crippen molar-refractivity contribution in [2.45, 2.75) is 13.5 Å². The van der Waals surface area contributed by atoms with E-state index in [1.54, 1.807) is 12.1 Å². The molecule has 28 heavy (non-hydrogen) atoms. The van der Waals surface area contributed by atoms with E-state index < -0.39 is 5.97 Å². The Kier molecular flexibility index (Phi) is 4.84. The van der Waals surface area contributed by atoms with Gasteiger partial charge >= 0.3 is 5.97 Å². The molecular formula is C20H18N2O6. The number of aryl methyl sites for hydroxylation is 1. The number of fused-ring (bicyclic) bond motifs is 1. The van der Waals surface area contributed by atoms with Crippen LogP contribution in [0.15, 0.2) is 40.9 Å². The lowest BCUT2D eigenvalue weighted by atomic mass is 10.1. The maximum absolute atomic E-state index is 12.4. The molecule has 0 amide bonds. The summed E-state index contributed by atoms with van der Waals surface area (Å²) in [6.45, 7) is 2.70. The first-order valence-corrected chi connectivity index (χ1v) is 8.68. The lowest BCUT2D eigenvalue weighted by molar-refractivity contribution is 0.0458. The third-order valence-electron chi connectivity index (χ3n) is 4.16. The largest absolute Gasteiger partial charge is 0.493 e. The SMILES string of the molecule is COc1cc(C(=O)OCc2noc(-c3ccc(C)cc3)n2)cc2c1OCCO2. The summed E-state index contributed by atoms with van der Waals surface area (Å²) in [6.07, 6.45) is 0. The molecule has 8 heteroatoms. The minimum absolute atomic E-state index is 0.120. The molecule has 0 radical (unpaired) electrons. The van der Waals surface area contributed by atoms with Crippen LogP contribution in [-0.2, 0) is 11.3 Å². The van der Waals surface area contributed by atoms with Crippen LogP contribution in [0.4, 0.5) is 0 Å². The van der Waals surface area contributed by atoms with Crippen LogP contribution >= 0.6 is 0 Å². The minimum Gasteiger partial charge on any atom is -0.493 e. The zero-order valence-electron chi connectivity index (χ0n) is 15.4. The van der Waals surface area contributed by atoms with Gasteiger partial charge in [-0.3, -0.25) is 0 Å². The van der Waals surface area contributed by atoms with Crippen LogP contribution in [0.3, 0.4) is 0 Å². The summed E-state index contributed by atoms with van der Waals surface area (Å²) in [6, 6.07) is 10.8. The monoisotopic (exact) mass is 382 g/mol. The van der Waals surface area contributed by atoms with E-state index in [-0.39, 0.29) is 18.0 Å². The smallest absolute Gasteiger partial charge is 0.338 e. The van der Waals surface area contributed by atoms with Gasteiger partial charge in [-0.2, -0.15) is 4.98 Å². The number of carbonyl (C=O) groups excluding carboxylic acids is 1. The van der Waals surface area contributed by atoms with E-state index in [0.29, 0.717) is 36.4 Å². The third kappa shape index (κ3) is 3.62. The number of aromatic nitrogens is 2. The Bertz CT molecular complexity index is 979. The normalized spacial score (nSPS) is 12.5. The molecule has 1 aliphatic heterocycles. The van der Waals surface area contributed by atoms with Gasteiger partial charge in [-0.25, -0.2) is 4.79 Å². The first-order valence-electron chi connectivity index (χ1n) is 8.68. The molecule has 0 spiro atoms. The number of nitrogens with zero attached hydrogens (tertiary/aromatic N) is 2. The predicted octanol–water partition coefficient (Wildman–Crippen LogP) is 3.18. The summed E-state index contributed by atoms with van der Waals surface area (Å²) in [5, 5.41) is 3.85. The Morgan fingerprint density at radius 3 is 2.71 bits per heavy atom. The minimum atomic E-state index is -0.558. The molecule has 1 aliphatic rings. The van der Waals surface area contributed by atoms with Gasteiger partial charge in [0.1, 0.15) is 13.2 Å². The Balaban J connectivity index is 1.45. The number of rotatable bonds is 5. The molecule has 0 bridgehead atoms. The first-order chi connectivity index (χ1) is 13.6. The molecule has 0 saturated carbocycles. The summed E-state index contributed by atoms with van der Waals surface area (Å²) < 4.78 is 26.9. The van der Waals surface area contributed by atoms with Gasteiger partial charge in [0, 0.05) is 5.56 Å². The molecule has 1 aromatic heterocycles. The highest BCUT2D eigenvalue weighted by Crippen LogP contribution is 2.40. The summed E-state index contributed by atoms with van der Waals surface area (Å²) >= 11 is 0. The standard InChI is InChI=1S/C20H18N2O6/c1-12-3-5-13(6-4-12)19-21-17(22-28-19)11-27-20(23)14-9-15(24-2)18-16(10-14)25-7-8-26-18/h3-6,9-10H,7-8,11H2,1-2H3. The highest BCUT2D eigenvalue weighted by molar-refractivity contribution is 5.91. The third-order valence-corrected chi connectivity index (χ3v) is 4.16. The fourth-order valence-corrected chi connectivity index (χ4v) is 2.73. The number of ether oxygens (including phenoxy) is 4. The highest BCUT2D eigenvalue weighted by atomic mass is 16.6. The van der Waals surface area contributed by atoms with Gasteiger partial charge in [-0.1, -0.05) is 22.9 Å². The molecule has 144 valence electrons. The van der Waals surface area contributed by atoms with Gasteiger partial charge in [-0.15, -0.1) is 0 Å². The van der Waals surface area contributed by atoms with Gasteiger partial charge in [0.15, 0.2) is 18.1 Å². The van der Waals surface area contributed by atoms with Crippen molar-refractivity contribution in [3.05, 3.63) is 53.3 Å². The molecule has 2 aromatic carbocycles. The Hall–Kier alpha value is -3.55. The average Bonchev–Trinajstić information content (AvgIpc) is 3.20. The maximum Gasteiger partial charge on any atom is 0.338 e. The van der Waals surface area contributed by atoms with Crippen LogP contribution in [0.5, 0.6) is 17.2 Å². The maximum atomic E-state index is 12.4. The number of hydrogen-bond acceptors (Lipinski definition) is 8. The molecule has 2 heterocycles. The summed E-state index contributed by atoms with van der Waals surface area (Å²) in [5.74, 6) is 1.41. The van der Waals surface area contributed by atoms with Crippen LogP contribution in [0.1, 0.15) is 21.7 Å². The number of methoxy groups -OCH3 is 1. The second kappa shape index (κ2) is 7.59. The molecule has 0 fully saturated rings. The van der Waals surface area contributed by atoms with E-state index in [1.807, 2.05) is 31.2 Å². The summed E-state index contributed by atoms with van der Waals surface area (Å²) in [7, 11) is 1.49. The molecular weight excluding hydrogens is 364 g/mol. The fraction of sp³-hybridized carbons (Fsp3) is 0.250. The second-order valence-corrected chi connectivity index (χ2v) is 6.16. The molecule has 0 saturated heterocycles. The van der Waals surface area contributed by atoms with Crippen LogP contribution < -0.4 is 14.2 Å². The summed E-state index contributed by atoms with van der Waals surface area (Å²) in [5.41, 5.74) is 2.21. The molecule has 0 N–H and O–H groups in total. The zero-order chi connectivity index (χ0) is 19.5. The van der Waals surface area contributed by atoms with Crippen molar-refractivity contribution in [2.75, 3.05) is 20.3 Å². The number of benzene rings is 2. The number of esters is 1. The van der Waals surface area contributed by atoms with E-state index in [9.17, 15) is 4.79 Å². The van der Waals surface area contributed by atoms with Crippen LogP contribution in [0.2, 0.25) is 0 Å². The lowest BCUT2D eigenvalue weighted by Gasteiger charge is -2.21. The van der Waals surface area contributed by atoms with Crippen molar-refractivity contribution in [3.63, 3.8) is 0 Å². The van der Waals surface area contributed by atoms with Gasteiger partial charge in [0.2, 0.25) is 11.6 Å². The second-order valence-electron chi connectivity index (χ2n) is 6.16. The zero-order valence-corrected chi connectivity index (χ0v) is 15.4. The van der Waals surface area contributed by atoms with Crippen molar-refractivity contribution >= 4 is 5.97 Å². The van der Waals surface area contributed by atoms with E-state index in [1.165, 1.54) is 7.11 Å². The van der Waals surface area contributed by atoms with Crippen molar-refractivity contribution in [2.24, 2.45) is 0 Å². The molecule has 0 atom stereocenters. The Labute approximate surface area is 161 Å². The molecule has 0 unspecified atom stereocenters. The van der Waals surface area contributed by atoms with Gasteiger partial charge < -0.3 is 23.5 Å². The van der Waals surface area contributed by atoms with Crippen LogP contribution in [-0.4, -0.2) is 36.4 Å². The number of hydrogen-bond donors (Lipinski definition) is 0. The van der Waals surface area contributed by atoms with E-state index in [4.69, 9.17) is 23.5 Å². The Morgan fingerprint density at radius 2 is 1.93 bits per heavy atom. The van der Waals surface area contributed by atoms with Crippen molar-refractivity contribution in [1.82, 2.24) is 10.1 Å². The molecule has 0 aliphatic carbocycles. The van der Waals surface area contributed by atoms with E-state index >= 15 is 0 Å².